The molecular weight excluding hydrogens is 353 g/mol. The monoisotopic (exact) mass is 361 g/mol. The lowest BCUT2D eigenvalue weighted by Crippen LogP contribution is -2.05. The van der Waals surface area contributed by atoms with E-state index in [1.54, 1.807) is 36.4 Å². The van der Waals surface area contributed by atoms with Crippen LogP contribution in [0, 0.1) is 0 Å². The molecule has 2 aromatic rings. The highest BCUT2D eigenvalue weighted by Crippen LogP contribution is 2.34. The molecule has 0 N–H and O–H groups in total. The van der Waals surface area contributed by atoms with Gasteiger partial charge in [0.05, 0.1) is 0 Å². The zero-order valence-corrected chi connectivity index (χ0v) is 13.6. The molecule has 120 valence electrons. The van der Waals surface area contributed by atoms with Crippen molar-refractivity contribution in [2.45, 2.75) is 0 Å². The van der Waals surface area contributed by atoms with Crippen LogP contribution in [0.1, 0.15) is 11.1 Å². The van der Waals surface area contributed by atoms with Gasteiger partial charge in [0, 0.05) is 21.2 Å². The quantitative estimate of drug-likeness (QED) is 0.597. The molecule has 0 radical (unpaired) electrons. The first-order valence-electron chi connectivity index (χ1n) is 6.98. The van der Waals surface area contributed by atoms with Crippen LogP contribution in [0.25, 0.3) is 6.08 Å². The average Bonchev–Trinajstić information content (AvgIpc) is 3.17. The SMILES string of the molecule is O=C1OC(c2ccc3c(c2)OCO3)=N/C1=C/c1c(Cl)cccc1Cl. The molecule has 7 heteroatoms. The molecular formula is C17H9Cl2NO4. The summed E-state index contributed by atoms with van der Waals surface area (Å²) in [4.78, 5) is 16.3. The van der Waals surface area contributed by atoms with E-state index in [9.17, 15) is 4.79 Å². The lowest BCUT2D eigenvalue weighted by molar-refractivity contribution is -0.129. The maximum atomic E-state index is 12.1. The van der Waals surface area contributed by atoms with E-state index in [1.807, 2.05) is 0 Å². The van der Waals surface area contributed by atoms with E-state index in [4.69, 9.17) is 37.4 Å². The number of rotatable bonds is 2. The summed E-state index contributed by atoms with van der Waals surface area (Å²) in [7, 11) is 0. The lowest BCUT2D eigenvalue weighted by Gasteiger charge is -2.01. The van der Waals surface area contributed by atoms with Gasteiger partial charge in [-0.3, -0.25) is 0 Å². The van der Waals surface area contributed by atoms with Gasteiger partial charge in [0.15, 0.2) is 17.2 Å². The Hall–Kier alpha value is -2.50. The Morgan fingerprint density at radius 1 is 1.04 bits per heavy atom. The highest BCUT2D eigenvalue weighted by Gasteiger charge is 2.26. The van der Waals surface area contributed by atoms with E-state index in [0.29, 0.717) is 32.7 Å². The Balaban J connectivity index is 1.71. The molecule has 0 unspecified atom stereocenters. The minimum absolute atomic E-state index is 0.123. The van der Waals surface area contributed by atoms with Crippen molar-refractivity contribution in [1.29, 1.82) is 0 Å². The number of fused-ring (bicyclic) bond motifs is 1. The summed E-state index contributed by atoms with van der Waals surface area (Å²) in [5, 5.41) is 0.851. The Bertz CT molecular complexity index is 901. The molecule has 0 aliphatic carbocycles. The molecule has 24 heavy (non-hydrogen) atoms. The van der Waals surface area contributed by atoms with E-state index in [1.165, 1.54) is 6.08 Å². The van der Waals surface area contributed by atoms with Crippen molar-refractivity contribution in [2.24, 2.45) is 4.99 Å². The number of esters is 1. The number of ether oxygens (including phenoxy) is 3. The van der Waals surface area contributed by atoms with Crippen molar-refractivity contribution in [3.8, 4) is 11.5 Å². The second-order valence-electron chi connectivity index (χ2n) is 5.04. The summed E-state index contributed by atoms with van der Waals surface area (Å²) < 4.78 is 15.8. The topological polar surface area (TPSA) is 57.1 Å². The van der Waals surface area contributed by atoms with Gasteiger partial charge in [-0.15, -0.1) is 0 Å². The smallest absolute Gasteiger partial charge is 0.363 e. The first-order chi connectivity index (χ1) is 11.6. The molecule has 2 heterocycles. The highest BCUT2D eigenvalue weighted by atomic mass is 35.5. The molecule has 0 amide bonds. The van der Waals surface area contributed by atoms with Crippen LogP contribution >= 0.6 is 23.2 Å². The fourth-order valence-corrected chi connectivity index (χ4v) is 2.85. The molecule has 0 spiro atoms. The minimum atomic E-state index is -0.571. The first kappa shape index (κ1) is 15.1. The maximum Gasteiger partial charge on any atom is 0.363 e. The molecule has 0 saturated heterocycles. The Kier molecular flexibility index (Phi) is 3.67. The summed E-state index contributed by atoms with van der Waals surface area (Å²) >= 11 is 12.2. The van der Waals surface area contributed by atoms with Crippen LogP contribution in [0.3, 0.4) is 0 Å². The number of hydrogen-bond donors (Lipinski definition) is 0. The fourth-order valence-electron chi connectivity index (χ4n) is 2.35. The van der Waals surface area contributed by atoms with E-state index in [2.05, 4.69) is 4.99 Å². The van der Waals surface area contributed by atoms with Gasteiger partial charge in [0.25, 0.3) is 0 Å². The summed E-state index contributed by atoms with van der Waals surface area (Å²) in [6.45, 7) is 0.168. The number of benzene rings is 2. The van der Waals surface area contributed by atoms with Crippen molar-refractivity contribution >= 4 is 41.1 Å². The minimum Gasteiger partial charge on any atom is -0.454 e. The van der Waals surface area contributed by atoms with Gasteiger partial charge in [-0.05, 0) is 36.4 Å². The van der Waals surface area contributed by atoms with Crippen molar-refractivity contribution in [3.63, 3.8) is 0 Å². The molecule has 0 saturated carbocycles. The molecule has 2 aliphatic rings. The van der Waals surface area contributed by atoms with Crippen molar-refractivity contribution in [3.05, 3.63) is 63.3 Å². The summed E-state index contributed by atoms with van der Waals surface area (Å²) in [5.74, 6) is 0.839. The maximum absolute atomic E-state index is 12.1. The molecule has 0 atom stereocenters. The molecule has 0 bridgehead atoms. The predicted octanol–water partition coefficient (Wildman–Crippen LogP) is 4.07. The van der Waals surface area contributed by atoms with Gasteiger partial charge in [-0.1, -0.05) is 29.3 Å². The van der Waals surface area contributed by atoms with E-state index < -0.39 is 5.97 Å². The second kappa shape index (κ2) is 5.85. The normalized spacial score (nSPS) is 17.2. The largest absolute Gasteiger partial charge is 0.454 e. The third-order valence-corrected chi connectivity index (χ3v) is 4.18. The number of carbonyl (C=O) groups is 1. The van der Waals surface area contributed by atoms with Crippen LogP contribution in [0.5, 0.6) is 11.5 Å². The van der Waals surface area contributed by atoms with Gasteiger partial charge >= 0.3 is 5.97 Å². The number of aliphatic imine (C=N–C) groups is 1. The van der Waals surface area contributed by atoms with Crippen molar-refractivity contribution < 1.29 is 19.0 Å². The number of hydrogen-bond acceptors (Lipinski definition) is 5. The standard InChI is InChI=1S/C17H9Cl2NO4/c18-11-2-1-3-12(19)10(11)7-13-17(21)24-16(20-13)9-4-5-14-15(6-9)23-8-22-14/h1-7H,8H2/b13-7+. The summed E-state index contributed by atoms with van der Waals surface area (Å²) in [6.07, 6.45) is 1.51. The van der Waals surface area contributed by atoms with Gasteiger partial charge in [0.1, 0.15) is 0 Å². The van der Waals surface area contributed by atoms with Crippen LogP contribution in [-0.2, 0) is 9.53 Å². The summed E-state index contributed by atoms with van der Waals surface area (Å²) in [5.41, 5.74) is 1.25. The number of nitrogens with zero attached hydrogens (tertiary/aromatic N) is 1. The third kappa shape index (κ3) is 2.62. The van der Waals surface area contributed by atoms with Crippen LogP contribution in [0.4, 0.5) is 0 Å². The van der Waals surface area contributed by atoms with Gasteiger partial charge in [0.2, 0.25) is 12.7 Å². The zero-order valence-electron chi connectivity index (χ0n) is 12.1. The van der Waals surface area contributed by atoms with E-state index in [-0.39, 0.29) is 18.4 Å². The van der Waals surface area contributed by atoms with E-state index >= 15 is 0 Å². The Morgan fingerprint density at radius 3 is 2.58 bits per heavy atom. The first-order valence-corrected chi connectivity index (χ1v) is 7.74. The molecule has 2 aromatic carbocycles. The van der Waals surface area contributed by atoms with Gasteiger partial charge < -0.3 is 14.2 Å². The van der Waals surface area contributed by atoms with Gasteiger partial charge in [-0.2, -0.15) is 0 Å². The second-order valence-corrected chi connectivity index (χ2v) is 5.85. The predicted molar refractivity (Wildman–Crippen MR) is 89.6 cm³/mol. The fraction of sp³-hybridized carbons (Fsp3) is 0.0588. The molecule has 2 aliphatic heterocycles. The molecule has 0 fully saturated rings. The molecule has 5 nitrogen and oxygen atoms in total. The van der Waals surface area contributed by atoms with Crippen molar-refractivity contribution in [2.75, 3.05) is 6.79 Å². The average molecular weight is 362 g/mol. The molecule has 0 aromatic heterocycles. The van der Waals surface area contributed by atoms with Gasteiger partial charge in [-0.25, -0.2) is 9.79 Å². The molecule has 4 rings (SSSR count). The van der Waals surface area contributed by atoms with E-state index in [0.717, 1.165) is 0 Å². The van der Waals surface area contributed by atoms with Crippen LogP contribution in [-0.4, -0.2) is 18.7 Å². The number of halogens is 2. The number of cyclic esters (lactones) is 1. The summed E-state index contributed by atoms with van der Waals surface area (Å²) in [6, 6.07) is 10.3. The Morgan fingerprint density at radius 2 is 1.79 bits per heavy atom. The van der Waals surface area contributed by atoms with Crippen LogP contribution in [0.15, 0.2) is 47.1 Å². The number of carbonyl (C=O) groups excluding carboxylic acids is 1. The van der Waals surface area contributed by atoms with Crippen LogP contribution in [0.2, 0.25) is 10.0 Å². The van der Waals surface area contributed by atoms with Crippen LogP contribution < -0.4 is 9.47 Å². The highest BCUT2D eigenvalue weighted by molar-refractivity contribution is 6.37. The van der Waals surface area contributed by atoms with Crippen molar-refractivity contribution in [1.82, 2.24) is 0 Å². The lowest BCUT2D eigenvalue weighted by atomic mass is 10.2. The zero-order chi connectivity index (χ0) is 16.7. The third-order valence-electron chi connectivity index (χ3n) is 3.52. The Labute approximate surface area is 147 Å².